The molecule has 3 rings (SSSR count). The molecule has 0 atom stereocenters. The zero-order chi connectivity index (χ0) is 14.3. The zero-order valence-corrected chi connectivity index (χ0v) is 12.2. The lowest BCUT2D eigenvalue weighted by Gasteiger charge is -2.23. The molecule has 0 saturated carbocycles. The SMILES string of the molecule is CC(C)(C)c1cc(-c2ccccc2)cc2c1NC(=O)C2. The molecule has 2 aromatic rings. The summed E-state index contributed by atoms with van der Waals surface area (Å²) in [4.78, 5) is 11.7. The van der Waals surface area contributed by atoms with Crippen molar-refractivity contribution in [3.05, 3.63) is 53.6 Å². The number of carbonyl (C=O) groups excluding carboxylic acids is 1. The van der Waals surface area contributed by atoms with Gasteiger partial charge in [-0.15, -0.1) is 0 Å². The molecule has 0 fully saturated rings. The van der Waals surface area contributed by atoms with Crippen LogP contribution in [0.5, 0.6) is 0 Å². The van der Waals surface area contributed by atoms with Crippen LogP contribution >= 0.6 is 0 Å². The smallest absolute Gasteiger partial charge is 0.228 e. The van der Waals surface area contributed by atoms with Crippen molar-refractivity contribution < 1.29 is 4.79 Å². The lowest BCUT2D eigenvalue weighted by Crippen LogP contribution is -2.15. The topological polar surface area (TPSA) is 29.1 Å². The van der Waals surface area contributed by atoms with E-state index in [9.17, 15) is 4.79 Å². The highest BCUT2D eigenvalue weighted by Gasteiger charge is 2.27. The fourth-order valence-corrected chi connectivity index (χ4v) is 2.73. The largest absolute Gasteiger partial charge is 0.325 e. The standard InChI is InChI=1S/C18H19NO/c1-18(2,3)15-10-13(12-7-5-4-6-8-12)9-14-11-16(20)19-17(14)15/h4-10H,11H2,1-3H3,(H,19,20). The summed E-state index contributed by atoms with van der Waals surface area (Å²) >= 11 is 0. The average molecular weight is 265 g/mol. The molecule has 2 aromatic carbocycles. The van der Waals surface area contributed by atoms with Gasteiger partial charge in [-0.1, -0.05) is 51.1 Å². The maximum absolute atomic E-state index is 11.7. The maximum Gasteiger partial charge on any atom is 0.228 e. The molecule has 0 aromatic heterocycles. The molecule has 1 aliphatic heterocycles. The van der Waals surface area contributed by atoms with E-state index >= 15 is 0 Å². The van der Waals surface area contributed by atoms with Crippen LogP contribution in [-0.4, -0.2) is 5.91 Å². The van der Waals surface area contributed by atoms with Crippen LogP contribution in [0.25, 0.3) is 11.1 Å². The Morgan fingerprint density at radius 2 is 1.70 bits per heavy atom. The minimum atomic E-state index is 0.00644. The third kappa shape index (κ3) is 2.22. The summed E-state index contributed by atoms with van der Waals surface area (Å²) < 4.78 is 0. The molecule has 0 unspecified atom stereocenters. The summed E-state index contributed by atoms with van der Waals surface area (Å²) in [7, 11) is 0. The van der Waals surface area contributed by atoms with Gasteiger partial charge in [-0.3, -0.25) is 4.79 Å². The molecule has 1 N–H and O–H groups in total. The average Bonchev–Trinajstić information content (AvgIpc) is 2.77. The Hall–Kier alpha value is -2.09. The molecule has 0 saturated heterocycles. The monoisotopic (exact) mass is 265 g/mol. The van der Waals surface area contributed by atoms with Gasteiger partial charge in [-0.2, -0.15) is 0 Å². The fraction of sp³-hybridized carbons (Fsp3) is 0.278. The summed E-state index contributed by atoms with van der Waals surface area (Å²) in [6.07, 6.45) is 0.485. The van der Waals surface area contributed by atoms with E-state index in [0.717, 1.165) is 11.3 Å². The van der Waals surface area contributed by atoms with Gasteiger partial charge in [-0.25, -0.2) is 0 Å². The van der Waals surface area contributed by atoms with Gasteiger partial charge in [0.15, 0.2) is 0 Å². The molecule has 1 aliphatic rings. The highest BCUT2D eigenvalue weighted by Crippen LogP contribution is 2.39. The number of carbonyl (C=O) groups is 1. The van der Waals surface area contributed by atoms with Crippen LogP contribution in [0.2, 0.25) is 0 Å². The number of amides is 1. The molecule has 0 bridgehead atoms. The molecular weight excluding hydrogens is 246 g/mol. The van der Waals surface area contributed by atoms with Gasteiger partial charge in [0, 0.05) is 5.69 Å². The Labute approximate surface area is 119 Å². The quantitative estimate of drug-likeness (QED) is 0.824. The molecule has 2 nitrogen and oxygen atoms in total. The Morgan fingerprint density at radius 1 is 1.00 bits per heavy atom. The molecule has 2 heteroatoms. The fourth-order valence-electron chi connectivity index (χ4n) is 2.73. The van der Waals surface area contributed by atoms with Gasteiger partial charge >= 0.3 is 0 Å². The van der Waals surface area contributed by atoms with Crippen LogP contribution in [0.1, 0.15) is 31.9 Å². The van der Waals surface area contributed by atoms with E-state index in [2.05, 4.69) is 50.4 Å². The number of rotatable bonds is 1. The van der Waals surface area contributed by atoms with Crippen molar-refractivity contribution in [3.63, 3.8) is 0 Å². The van der Waals surface area contributed by atoms with Crippen molar-refractivity contribution in [1.29, 1.82) is 0 Å². The van der Waals surface area contributed by atoms with Crippen molar-refractivity contribution in [2.45, 2.75) is 32.6 Å². The molecule has 0 aliphatic carbocycles. The molecule has 102 valence electrons. The lowest BCUT2D eigenvalue weighted by molar-refractivity contribution is -0.115. The first kappa shape index (κ1) is 12.9. The predicted molar refractivity (Wildman–Crippen MR) is 82.9 cm³/mol. The predicted octanol–water partition coefficient (Wildman–Crippen LogP) is 4.15. The highest BCUT2D eigenvalue weighted by atomic mass is 16.1. The Morgan fingerprint density at radius 3 is 2.35 bits per heavy atom. The van der Waals surface area contributed by atoms with Gasteiger partial charge in [0.05, 0.1) is 6.42 Å². The summed E-state index contributed by atoms with van der Waals surface area (Å²) in [6, 6.07) is 14.7. The number of nitrogens with one attached hydrogen (secondary N) is 1. The third-order valence-corrected chi connectivity index (χ3v) is 3.75. The van der Waals surface area contributed by atoms with Crippen LogP contribution in [-0.2, 0) is 16.6 Å². The van der Waals surface area contributed by atoms with E-state index in [1.54, 1.807) is 0 Å². The van der Waals surface area contributed by atoms with E-state index in [-0.39, 0.29) is 11.3 Å². The Kier molecular flexibility index (Phi) is 2.89. The first-order valence-electron chi connectivity index (χ1n) is 6.98. The minimum Gasteiger partial charge on any atom is -0.325 e. The Balaban J connectivity index is 2.21. The molecule has 0 radical (unpaired) electrons. The van der Waals surface area contributed by atoms with Gasteiger partial charge < -0.3 is 5.32 Å². The van der Waals surface area contributed by atoms with Crippen LogP contribution in [0.4, 0.5) is 5.69 Å². The molecular formula is C18H19NO. The van der Waals surface area contributed by atoms with Crippen molar-refractivity contribution >= 4 is 11.6 Å². The first-order valence-corrected chi connectivity index (χ1v) is 6.98. The van der Waals surface area contributed by atoms with Crippen LogP contribution in [0.15, 0.2) is 42.5 Å². The van der Waals surface area contributed by atoms with Crippen molar-refractivity contribution in [2.24, 2.45) is 0 Å². The molecule has 20 heavy (non-hydrogen) atoms. The van der Waals surface area contributed by atoms with Crippen molar-refractivity contribution in [2.75, 3.05) is 5.32 Å². The van der Waals surface area contributed by atoms with Gasteiger partial charge in [-0.05, 0) is 39.8 Å². The summed E-state index contributed by atoms with van der Waals surface area (Å²) in [6.45, 7) is 6.55. The normalized spacial score (nSPS) is 14.1. The second-order valence-corrected chi connectivity index (χ2v) is 6.40. The molecule has 1 amide bonds. The van der Waals surface area contributed by atoms with E-state index in [0.29, 0.717) is 6.42 Å². The number of fused-ring (bicyclic) bond motifs is 1. The van der Waals surface area contributed by atoms with Crippen LogP contribution < -0.4 is 5.32 Å². The number of hydrogen-bond donors (Lipinski definition) is 1. The molecule has 0 spiro atoms. The summed E-state index contributed by atoms with van der Waals surface area (Å²) in [5.41, 5.74) is 5.72. The van der Waals surface area contributed by atoms with Crippen molar-refractivity contribution in [1.82, 2.24) is 0 Å². The van der Waals surface area contributed by atoms with E-state index in [1.807, 2.05) is 18.2 Å². The first-order chi connectivity index (χ1) is 9.45. The van der Waals surface area contributed by atoms with Crippen LogP contribution in [0.3, 0.4) is 0 Å². The van der Waals surface area contributed by atoms with Gasteiger partial charge in [0.1, 0.15) is 0 Å². The van der Waals surface area contributed by atoms with Crippen LogP contribution in [0, 0.1) is 0 Å². The molecule has 1 heterocycles. The second kappa shape index (κ2) is 4.48. The van der Waals surface area contributed by atoms with E-state index < -0.39 is 0 Å². The van der Waals surface area contributed by atoms with E-state index in [1.165, 1.54) is 16.7 Å². The maximum atomic E-state index is 11.7. The zero-order valence-electron chi connectivity index (χ0n) is 12.2. The summed E-state index contributed by atoms with van der Waals surface area (Å²) in [5, 5.41) is 3.01. The summed E-state index contributed by atoms with van der Waals surface area (Å²) in [5.74, 6) is 0.0933. The van der Waals surface area contributed by atoms with Gasteiger partial charge in [0.2, 0.25) is 5.91 Å². The second-order valence-electron chi connectivity index (χ2n) is 6.40. The third-order valence-electron chi connectivity index (χ3n) is 3.75. The Bertz CT molecular complexity index is 666. The number of anilines is 1. The number of benzene rings is 2. The minimum absolute atomic E-state index is 0.00644. The van der Waals surface area contributed by atoms with E-state index in [4.69, 9.17) is 0 Å². The van der Waals surface area contributed by atoms with Crippen molar-refractivity contribution in [3.8, 4) is 11.1 Å². The number of hydrogen-bond acceptors (Lipinski definition) is 1. The lowest BCUT2D eigenvalue weighted by atomic mass is 9.83. The van der Waals surface area contributed by atoms with Gasteiger partial charge in [0.25, 0.3) is 0 Å². The highest BCUT2D eigenvalue weighted by molar-refractivity contribution is 6.01.